The first kappa shape index (κ1) is 48.1. The number of carbonyl (C=O) groups excluding carboxylic acids is 3. The van der Waals surface area contributed by atoms with Gasteiger partial charge in [-0.1, -0.05) is 92.7 Å². The fraction of sp³-hybridized carbons (Fsp3) is 0.800. The van der Waals surface area contributed by atoms with Crippen LogP contribution in [0.15, 0.2) is 36.5 Å². The maximum atomic E-state index is 13.5. The van der Waals surface area contributed by atoms with E-state index in [0.29, 0.717) is 25.7 Å². The predicted molar refractivity (Wildman–Crippen MR) is 215 cm³/mol. The van der Waals surface area contributed by atoms with E-state index in [1.807, 2.05) is 32.1 Å². The number of hydrogen-bond donors (Lipinski definition) is 5. The van der Waals surface area contributed by atoms with Crippen LogP contribution in [0.1, 0.15) is 121 Å². The maximum absolute atomic E-state index is 13.5. The molecule has 11 heteroatoms. The van der Waals surface area contributed by atoms with Crippen LogP contribution in [0.3, 0.4) is 0 Å². The second-order valence-corrected chi connectivity index (χ2v) is 18.0. The van der Waals surface area contributed by atoms with Gasteiger partial charge >= 0.3 is 5.97 Å². The third kappa shape index (κ3) is 11.5. The third-order valence-corrected chi connectivity index (χ3v) is 13.4. The average Bonchev–Trinajstić information content (AvgIpc) is 3.16. The molecule has 0 aromatic heterocycles. The molecule has 1 spiro atoms. The molecule has 5 N–H and O–H groups in total. The lowest BCUT2D eigenvalue weighted by Crippen LogP contribution is -2.62. The number of aliphatic hydroxyl groups excluding tert-OH is 4. The normalized spacial score (nSPS) is 45.1. The number of ketones is 2. The molecule has 2 bridgehead atoms. The van der Waals surface area contributed by atoms with Crippen LogP contribution in [0.5, 0.6) is 0 Å². The third-order valence-electron chi connectivity index (χ3n) is 13.4. The van der Waals surface area contributed by atoms with Crippen molar-refractivity contribution in [1.82, 2.24) is 0 Å². The first-order valence-electron chi connectivity index (χ1n) is 21.2. The van der Waals surface area contributed by atoms with Crippen LogP contribution >= 0.6 is 0 Å². The van der Waals surface area contributed by atoms with Gasteiger partial charge in [0.15, 0.2) is 11.6 Å². The fourth-order valence-electron chi connectivity index (χ4n) is 9.01. The highest BCUT2D eigenvalue weighted by molar-refractivity contribution is 5.91. The van der Waals surface area contributed by atoms with Crippen molar-refractivity contribution >= 4 is 17.5 Å². The van der Waals surface area contributed by atoms with Crippen molar-refractivity contribution in [3.05, 3.63) is 36.5 Å². The number of Topliss-reactive ketones (excluding diaryl/α,β-unsaturated/α-hetero) is 2. The molecule has 2 fully saturated rings. The number of allylic oxidation sites excluding steroid dienone is 4. The smallest absolute Gasteiger partial charge is 0.330 e. The van der Waals surface area contributed by atoms with E-state index in [4.69, 9.17) is 14.2 Å². The van der Waals surface area contributed by atoms with Gasteiger partial charge in [0.05, 0.1) is 36.6 Å². The molecule has 1 unspecified atom stereocenters. The van der Waals surface area contributed by atoms with E-state index in [0.717, 1.165) is 19.3 Å². The van der Waals surface area contributed by atoms with E-state index in [9.17, 15) is 39.9 Å². The Kier molecular flexibility index (Phi) is 17.7. The lowest BCUT2D eigenvalue weighted by atomic mass is 9.74. The Hall–Kier alpha value is -2.25. The summed E-state index contributed by atoms with van der Waals surface area (Å²) in [6.45, 7) is 19.1. The molecule has 3 aliphatic heterocycles. The number of esters is 1. The average molecular weight is 791 g/mol. The monoisotopic (exact) mass is 791 g/mol. The van der Waals surface area contributed by atoms with Gasteiger partial charge in [-0.15, -0.1) is 0 Å². The SMILES string of the molecule is CC[C@@H]1C=CC=CC[C@H](C)[C@@H](O)[C@](C)(O)C(=O)[C@H](C)[C@@H](O)[C@H](C)C(=O)[C@H](C)[C@@H](O)[C@H](C)C=CC(=O)O[C@@H]2[C@@H](C)[C@H](CC1)OC1(CC[C@@H](C)[C@@H](C[C@@H](C)O)O1)[C@@H]2C. The number of hydrogen-bond acceptors (Lipinski definition) is 11. The van der Waals surface area contributed by atoms with Gasteiger partial charge in [-0.2, -0.15) is 0 Å². The standard InChI is InChI=1S/C45H74O11/c1-12-34-17-15-13-14-16-27(4)42(51)44(11,53)43(52)32(9)40(50)31(8)39(49)30(7)38(48)26(3)18-21-37(47)54-41-29(6)35(20-19-34)55-45(33(41)10)23-22-25(2)36(56-45)24-28(5)46/h13-15,17-18,21,25-36,38,40-42,46,48,50-51,53H,12,16,19-20,22-24H2,1-11H3/t25-,26-,27+,28-,29+,30-,31-,32-,33-,34-,35+,36-,38+,40+,41-,42-,44+,45?/m1/s1. The predicted octanol–water partition coefficient (Wildman–Crippen LogP) is 5.88. The summed E-state index contributed by atoms with van der Waals surface area (Å²) in [7, 11) is 0. The minimum atomic E-state index is -2.18. The Balaban J connectivity index is 1.99. The molecule has 56 heavy (non-hydrogen) atoms. The van der Waals surface area contributed by atoms with Crippen LogP contribution in [0, 0.1) is 53.3 Å². The van der Waals surface area contributed by atoms with Crippen LogP contribution in [0.4, 0.5) is 0 Å². The van der Waals surface area contributed by atoms with E-state index in [-0.39, 0.29) is 35.9 Å². The summed E-state index contributed by atoms with van der Waals surface area (Å²) >= 11 is 0. The zero-order chi connectivity index (χ0) is 42.3. The first-order valence-corrected chi connectivity index (χ1v) is 21.2. The highest BCUT2D eigenvalue weighted by Crippen LogP contribution is 2.49. The van der Waals surface area contributed by atoms with Gasteiger partial charge in [0, 0.05) is 48.0 Å². The molecule has 3 aliphatic rings. The van der Waals surface area contributed by atoms with Crippen LogP contribution in [-0.2, 0) is 28.6 Å². The Morgan fingerprint density at radius 2 is 1.48 bits per heavy atom. The van der Waals surface area contributed by atoms with Gasteiger partial charge in [-0.25, -0.2) is 4.79 Å². The molecule has 3 heterocycles. The Bertz CT molecular complexity index is 1390. The molecule has 18 atom stereocenters. The van der Waals surface area contributed by atoms with E-state index in [1.54, 1.807) is 20.8 Å². The summed E-state index contributed by atoms with van der Waals surface area (Å²) in [6, 6.07) is 0. The Labute approximate surface area is 336 Å². The molecule has 11 nitrogen and oxygen atoms in total. The molecule has 0 radical (unpaired) electrons. The summed E-state index contributed by atoms with van der Waals surface area (Å²) < 4.78 is 20.0. The van der Waals surface area contributed by atoms with Crippen molar-refractivity contribution in [2.75, 3.05) is 0 Å². The molecular formula is C45H74O11. The molecule has 0 aliphatic carbocycles. The van der Waals surface area contributed by atoms with Crippen molar-refractivity contribution < 1.29 is 54.1 Å². The van der Waals surface area contributed by atoms with Gasteiger partial charge in [-0.3, -0.25) is 9.59 Å². The second kappa shape index (κ2) is 20.6. The minimum Gasteiger partial charge on any atom is -0.458 e. The van der Waals surface area contributed by atoms with E-state index < -0.39 is 89.0 Å². The summed E-state index contributed by atoms with van der Waals surface area (Å²) in [5.74, 6) is -7.28. The van der Waals surface area contributed by atoms with Crippen LogP contribution in [-0.4, -0.2) is 97.2 Å². The lowest BCUT2D eigenvalue weighted by molar-refractivity contribution is -0.371. The number of rotatable bonds is 3. The van der Waals surface area contributed by atoms with Crippen molar-refractivity contribution in [3.8, 4) is 0 Å². The quantitative estimate of drug-likeness (QED) is 0.216. The van der Waals surface area contributed by atoms with Crippen LogP contribution < -0.4 is 0 Å². The zero-order valence-electron chi connectivity index (χ0n) is 35.8. The fourth-order valence-corrected chi connectivity index (χ4v) is 9.01. The molecule has 0 amide bonds. The molecule has 3 rings (SSSR count). The second-order valence-electron chi connectivity index (χ2n) is 18.0. The highest BCUT2D eigenvalue weighted by Gasteiger charge is 2.56. The molecule has 2 saturated heterocycles. The van der Waals surface area contributed by atoms with Crippen molar-refractivity contribution in [2.24, 2.45) is 53.3 Å². The summed E-state index contributed by atoms with van der Waals surface area (Å²) in [5.41, 5.74) is -2.18. The maximum Gasteiger partial charge on any atom is 0.330 e. The number of fused-ring (bicyclic) bond motifs is 2. The summed E-state index contributed by atoms with van der Waals surface area (Å²) in [4.78, 5) is 40.5. The number of aliphatic hydroxyl groups is 5. The van der Waals surface area contributed by atoms with Crippen molar-refractivity contribution in [3.63, 3.8) is 0 Å². The number of carbonyl (C=O) groups is 3. The van der Waals surface area contributed by atoms with Gasteiger partial charge in [0.2, 0.25) is 0 Å². The van der Waals surface area contributed by atoms with Gasteiger partial charge < -0.3 is 39.7 Å². The van der Waals surface area contributed by atoms with E-state index in [1.165, 1.54) is 39.8 Å². The molecular weight excluding hydrogens is 716 g/mol. The van der Waals surface area contributed by atoms with Crippen molar-refractivity contribution in [1.29, 1.82) is 0 Å². The van der Waals surface area contributed by atoms with E-state index in [2.05, 4.69) is 19.9 Å². The lowest BCUT2D eigenvalue weighted by Gasteiger charge is -2.55. The highest BCUT2D eigenvalue weighted by atomic mass is 16.7. The first-order chi connectivity index (χ1) is 26.1. The van der Waals surface area contributed by atoms with E-state index >= 15 is 0 Å². The molecule has 0 aromatic carbocycles. The number of ether oxygens (including phenoxy) is 3. The zero-order valence-corrected chi connectivity index (χ0v) is 35.8. The molecule has 0 aromatic rings. The summed E-state index contributed by atoms with van der Waals surface area (Å²) in [5, 5.41) is 55.0. The minimum absolute atomic E-state index is 0.168. The van der Waals surface area contributed by atoms with Crippen molar-refractivity contribution in [2.45, 2.75) is 175 Å². The van der Waals surface area contributed by atoms with Gasteiger partial charge in [0.1, 0.15) is 17.5 Å². The topological polar surface area (TPSA) is 180 Å². The van der Waals surface area contributed by atoms with Crippen LogP contribution in [0.2, 0.25) is 0 Å². The van der Waals surface area contributed by atoms with Gasteiger partial charge in [0.25, 0.3) is 0 Å². The largest absolute Gasteiger partial charge is 0.458 e. The summed E-state index contributed by atoms with van der Waals surface area (Å²) in [6.07, 6.45) is 9.62. The molecule has 320 valence electrons. The Morgan fingerprint density at radius 1 is 0.839 bits per heavy atom. The molecule has 0 saturated carbocycles. The van der Waals surface area contributed by atoms with Gasteiger partial charge in [-0.05, 0) is 70.1 Å². The Morgan fingerprint density at radius 3 is 2.11 bits per heavy atom. The van der Waals surface area contributed by atoms with Crippen LogP contribution in [0.25, 0.3) is 0 Å².